The van der Waals surface area contributed by atoms with Crippen LogP contribution < -0.4 is 11.1 Å². The summed E-state index contributed by atoms with van der Waals surface area (Å²) in [6, 6.07) is 11.0. The topological polar surface area (TPSA) is 38.0 Å². The van der Waals surface area contributed by atoms with Crippen molar-refractivity contribution in [2.24, 2.45) is 5.73 Å². The lowest BCUT2D eigenvalue weighted by atomic mass is 10.1. The third-order valence-corrected chi connectivity index (χ3v) is 2.88. The van der Waals surface area contributed by atoms with Gasteiger partial charge in [-0.1, -0.05) is 56.5 Å². The Labute approximate surface area is 99.2 Å². The molecule has 1 aromatic rings. The van der Waals surface area contributed by atoms with E-state index >= 15 is 0 Å². The van der Waals surface area contributed by atoms with E-state index in [9.17, 15) is 0 Å². The summed E-state index contributed by atoms with van der Waals surface area (Å²) in [6.07, 6.45) is 5.05. The van der Waals surface area contributed by atoms with E-state index in [1.807, 2.05) is 6.07 Å². The zero-order valence-corrected chi connectivity index (χ0v) is 10.3. The predicted octanol–water partition coefficient (Wildman–Crippen LogP) is 2.68. The van der Waals surface area contributed by atoms with Gasteiger partial charge >= 0.3 is 0 Å². The summed E-state index contributed by atoms with van der Waals surface area (Å²) in [7, 11) is 0. The van der Waals surface area contributed by atoms with Crippen molar-refractivity contribution in [3.8, 4) is 0 Å². The van der Waals surface area contributed by atoms with Gasteiger partial charge in [-0.3, -0.25) is 0 Å². The second-order valence-electron chi connectivity index (χ2n) is 4.29. The van der Waals surface area contributed by atoms with E-state index in [0.29, 0.717) is 6.04 Å². The maximum absolute atomic E-state index is 5.76. The Hall–Kier alpha value is -0.860. The van der Waals surface area contributed by atoms with Gasteiger partial charge in [-0.05, 0) is 12.0 Å². The number of unbranched alkanes of at least 4 members (excludes halogenated alkanes) is 2. The highest BCUT2D eigenvalue weighted by Crippen LogP contribution is 2.04. The smallest absolute Gasteiger partial charge is 0.0208 e. The molecule has 0 saturated heterocycles. The fourth-order valence-corrected chi connectivity index (χ4v) is 1.80. The van der Waals surface area contributed by atoms with Gasteiger partial charge < -0.3 is 11.1 Å². The van der Waals surface area contributed by atoms with Crippen molar-refractivity contribution in [3.63, 3.8) is 0 Å². The zero-order chi connectivity index (χ0) is 11.6. The van der Waals surface area contributed by atoms with Crippen molar-refractivity contribution in [2.45, 2.75) is 45.2 Å². The standard InChI is InChI=1S/C14H24N2/c1-2-3-5-10-14(11-15)16-12-13-8-6-4-7-9-13/h4,6-9,14,16H,2-3,5,10-12,15H2,1H3. The van der Waals surface area contributed by atoms with Gasteiger partial charge in [0, 0.05) is 19.1 Å². The molecule has 0 heterocycles. The summed E-state index contributed by atoms with van der Waals surface area (Å²) in [6.45, 7) is 3.89. The first-order chi connectivity index (χ1) is 7.86. The second-order valence-corrected chi connectivity index (χ2v) is 4.29. The molecule has 0 aliphatic rings. The van der Waals surface area contributed by atoms with E-state index in [1.165, 1.54) is 31.2 Å². The van der Waals surface area contributed by atoms with Crippen LogP contribution in [-0.2, 0) is 6.54 Å². The minimum Gasteiger partial charge on any atom is -0.329 e. The van der Waals surface area contributed by atoms with Crippen LogP contribution in [0.4, 0.5) is 0 Å². The normalized spacial score (nSPS) is 12.6. The molecule has 0 saturated carbocycles. The van der Waals surface area contributed by atoms with E-state index in [0.717, 1.165) is 13.1 Å². The monoisotopic (exact) mass is 220 g/mol. The molecule has 0 radical (unpaired) electrons. The molecular weight excluding hydrogens is 196 g/mol. The number of hydrogen-bond acceptors (Lipinski definition) is 2. The maximum atomic E-state index is 5.76. The Balaban J connectivity index is 2.23. The first-order valence-corrected chi connectivity index (χ1v) is 6.34. The SMILES string of the molecule is CCCCCC(CN)NCc1ccccc1. The number of nitrogens with two attached hydrogens (primary N) is 1. The van der Waals surface area contributed by atoms with Crippen LogP contribution in [0.25, 0.3) is 0 Å². The highest BCUT2D eigenvalue weighted by atomic mass is 14.9. The van der Waals surface area contributed by atoms with Crippen molar-refractivity contribution in [1.29, 1.82) is 0 Å². The van der Waals surface area contributed by atoms with Gasteiger partial charge in [0.05, 0.1) is 0 Å². The molecule has 0 aliphatic carbocycles. The molecule has 2 nitrogen and oxygen atoms in total. The van der Waals surface area contributed by atoms with Crippen LogP contribution in [0.3, 0.4) is 0 Å². The number of rotatable bonds is 8. The third kappa shape index (κ3) is 5.29. The van der Waals surface area contributed by atoms with E-state index in [2.05, 4.69) is 36.5 Å². The fraction of sp³-hybridized carbons (Fsp3) is 0.571. The van der Waals surface area contributed by atoms with E-state index in [4.69, 9.17) is 5.73 Å². The highest BCUT2D eigenvalue weighted by molar-refractivity contribution is 5.14. The molecular formula is C14H24N2. The maximum Gasteiger partial charge on any atom is 0.0208 e. The molecule has 1 aromatic carbocycles. The summed E-state index contributed by atoms with van der Waals surface area (Å²) in [5, 5.41) is 3.52. The summed E-state index contributed by atoms with van der Waals surface area (Å²) in [5.41, 5.74) is 7.09. The van der Waals surface area contributed by atoms with Gasteiger partial charge in [0.2, 0.25) is 0 Å². The van der Waals surface area contributed by atoms with E-state index in [1.54, 1.807) is 0 Å². The fourth-order valence-electron chi connectivity index (χ4n) is 1.80. The second kappa shape index (κ2) is 8.31. The Bertz CT molecular complexity index is 259. The van der Waals surface area contributed by atoms with Crippen LogP contribution in [0.1, 0.15) is 38.2 Å². The van der Waals surface area contributed by atoms with E-state index in [-0.39, 0.29) is 0 Å². The van der Waals surface area contributed by atoms with Gasteiger partial charge in [0.1, 0.15) is 0 Å². The number of nitrogens with one attached hydrogen (secondary N) is 1. The van der Waals surface area contributed by atoms with Gasteiger partial charge in [-0.25, -0.2) is 0 Å². The number of hydrogen-bond donors (Lipinski definition) is 2. The van der Waals surface area contributed by atoms with Crippen LogP contribution >= 0.6 is 0 Å². The van der Waals surface area contributed by atoms with E-state index < -0.39 is 0 Å². The van der Waals surface area contributed by atoms with Crippen LogP contribution in [0.2, 0.25) is 0 Å². The van der Waals surface area contributed by atoms with Gasteiger partial charge in [-0.15, -0.1) is 0 Å². The summed E-state index contributed by atoms with van der Waals surface area (Å²) >= 11 is 0. The lowest BCUT2D eigenvalue weighted by Crippen LogP contribution is -2.35. The van der Waals surface area contributed by atoms with Crippen LogP contribution in [-0.4, -0.2) is 12.6 Å². The molecule has 0 spiro atoms. The van der Waals surface area contributed by atoms with Crippen molar-refractivity contribution in [1.82, 2.24) is 5.32 Å². The summed E-state index contributed by atoms with van der Waals surface area (Å²) in [5.74, 6) is 0. The molecule has 0 bridgehead atoms. The van der Waals surface area contributed by atoms with Crippen LogP contribution in [0.5, 0.6) is 0 Å². The molecule has 1 atom stereocenters. The first kappa shape index (κ1) is 13.2. The van der Waals surface area contributed by atoms with Gasteiger partial charge in [0.25, 0.3) is 0 Å². The molecule has 0 aliphatic heterocycles. The lowest BCUT2D eigenvalue weighted by Gasteiger charge is -2.16. The lowest BCUT2D eigenvalue weighted by molar-refractivity contribution is 0.464. The average Bonchev–Trinajstić information content (AvgIpc) is 2.35. The summed E-state index contributed by atoms with van der Waals surface area (Å²) < 4.78 is 0. The Morgan fingerprint density at radius 1 is 1.19 bits per heavy atom. The summed E-state index contributed by atoms with van der Waals surface area (Å²) in [4.78, 5) is 0. The van der Waals surface area contributed by atoms with Crippen LogP contribution in [0, 0.1) is 0 Å². The highest BCUT2D eigenvalue weighted by Gasteiger charge is 2.04. The molecule has 0 amide bonds. The first-order valence-electron chi connectivity index (χ1n) is 6.34. The van der Waals surface area contributed by atoms with Crippen molar-refractivity contribution in [3.05, 3.63) is 35.9 Å². The zero-order valence-electron chi connectivity index (χ0n) is 10.3. The minimum absolute atomic E-state index is 0.465. The molecule has 1 rings (SSSR count). The Kier molecular flexibility index (Phi) is 6.86. The van der Waals surface area contributed by atoms with Crippen molar-refractivity contribution < 1.29 is 0 Å². The van der Waals surface area contributed by atoms with Crippen molar-refractivity contribution in [2.75, 3.05) is 6.54 Å². The minimum atomic E-state index is 0.465. The molecule has 90 valence electrons. The Morgan fingerprint density at radius 2 is 1.94 bits per heavy atom. The molecule has 0 aromatic heterocycles. The molecule has 3 N–H and O–H groups in total. The third-order valence-electron chi connectivity index (χ3n) is 2.88. The van der Waals surface area contributed by atoms with Crippen molar-refractivity contribution >= 4 is 0 Å². The quantitative estimate of drug-likeness (QED) is 0.661. The number of benzene rings is 1. The predicted molar refractivity (Wildman–Crippen MR) is 70.3 cm³/mol. The van der Waals surface area contributed by atoms with Gasteiger partial charge in [0.15, 0.2) is 0 Å². The van der Waals surface area contributed by atoms with Gasteiger partial charge in [-0.2, -0.15) is 0 Å². The molecule has 1 unspecified atom stereocenters. The molecule has 0 fully saturated rings. The Morgan fingerprint density at radius 3 is 2.56 bits per heavy atom. The average molecular weight is 220 g/mol. The molecule has 16 heavy (non-hydrogen) atoms. The molecule has 2 heteroatoms. The van der Waals surface area contributed by atoms with Crippen LogP contribution in [0.15, 0.2) is 30.3 Å². The largest absolute Gasteiger partial charge is 0.329 e.